The third-order valence-electron chi connectivity index (χ3n) is 6.07. The van der Waals surface area contributed by atoms with Gasteiger partial charge in [-0.3, -0.25) is 9.89 Å². The Morgan fingerprint density at radius 2 is 1.81 bits per heavy atom. The molecule has 0 bridgehead atoms. The normalized spacial score (nSPS) is 18.2. The molecule has 2 fully saturated rings. The Labute approximate surface area is 207 Å². The first-order valence-electron chi connectivity index (χ1n) is 10.8. The van der Waals surface area contributed by atoms with E-state index in [0.29, 0.717) is 0 Å². The number of ether oxygens (including phenoxy) is 1. The number of nitrogens with zero attached hydrogens (tertiary/aromatic N) is 2. The van der Waals surface area contributed by atoms with Crippen molar-refractivity contribution in [2.75, 3.05) is 39.9 Å². The molecule has 0 unspecified atom stereocenters. The van der Waals surface area contributed by atoms with E-state index in [-0.39, 0.29) is 29.4 Å². The van der Waals surface area contributed by atoms with Crippen LogP contribution in [0, 0.1) is 0 Å². The van der Waals surface area contributed by atoms with Gasteiger partial charge in [-0.15, -0.1) is 24.0 Å². The molecule has 2 aliphatic rings. The van der Waals surface area contributed by atoms with E-state index in [1.807, 2.05) is 19.2 Å². The van der Waals surface area contributed by atoms with E-state index in [4.69, 9.17) is 16.3 Å². The number of morpholine rings is 1. The number of benzene rings is 2. The average Bonchev–Trinajstić information content (AvgIpc) is 3.56. The molecule has 1 aliphatic carbocycles. The maximum Gasteiger partial charge on any atom is 0.191 e. The topological polar surface area (TPSA) is 48.9 Å². The van der Waals surface area contributed by atoms with Crippen LogP contribution in [0.15, 0.2) is 53.5 Å². The quantitative estimate of drug-likeness (QED) is 0.306. The van der Waals surface area contributed by atoms with Crippen LogP contribution >= 0.6 is 35.6 Å². The Bertz CT molecular complexity index is 881. The molecule has 1 saturated heterocycles. The third-order valence-corrected chi connectivity index (χ3v) is 6.30. The fraction of sp³-hybridized carbons (Fsp3) is 0.458. The summed E-state index contributed by atoms with van der Waals surface area (Å²) >= 11 is 6.19. The van der Waals surface area contributed by atoms with Gasteiger partial charge < -0.3 is 15.4 Å². The fourth-order valence-corrected chi connectivity index (χ4v) is 4.24. The molecular weight excluding hydrogens is 523 g/mol. The van der Waals surface area contributed by atoms with Crippen LogP contribution in [-0.2, 0) is 23.2 Å². The fourth-order valence-electron chi connectivity index (χ4n) is 4.05. The average molecular weight is 555 g/mol. The van der Waals surface area contributed by atoms with E-state index < -0.39 is 0 Å². The van der Waals surface area contributed by atoms with Gasteiger partial charge >= 0.3 is 0 Å². The molecule has 0 aromatic heterocycles. The van der Waals surface area contributed by atoms with Crippen molar-refractivity contribution in [1.29, 1.82) is 0 Å². The van der Waals surface area contributed by atoms with Gasteiger partial charge in [0.1, 0.15) is 0 Å². The standard InChI is InChI=1S/C24H31ClN4O.HI/c1-26-23(28-18-24(8-9-24)21-6-3-7-22(25)15-21)27-16-19-4-2-5-20(14-19)17-29-10-12-30-13-11-29;/h2-7,14-15H,8-13,16-18H2,1H3,(H2,26,27,28);1H. The highest BCUT2D eigenvalue weighted by molar-refractivity contribution is 14.0. The number of nitrogens with one attached hydrogen (secondary N) is 2. The van der Waals surface area contributed by atoms with Crippen LogP contribution in [0.4, 0.5) is 0 Å². The number of aliphatic imine (C=N–C) groups is 1. The highest BCUT2D eigenvalue weighted by atomic mass is 127. The van der Waals surface area contributed by atoms with Crippen LogP contribution in [0.3, 0.4) is 0 Å². The van der Waals surface area contributed by atoms with E-state index in [9.17, 15) is 0 Å². The van der Waals surface area contributed by atoms with Crippen molar-refractivity contribution in [1.82, 2.24) is 15.5 Å². The summed E-state index contributed by atoms with van der Waals surface area (Å²) in [5.41, 5.74) is 4.10. The molecule has 1 heterocycles. The molecule has 31 heavy (non-hydrogen) atoms. The predicted molar refractivity (Wildman–Crippen MR) is 139 cm³/mol. The lowest BCUT2D eigenvalue weighted by molar-refractivity contribution is 0.0342. The van der Waals surface area contributed by atoms with E-state index >= 15 is 0 Å². The molecule has 5 nitrogen and oxygen atoms in total. The molecule has 168 valence electrons. The summed E-state index contributed by atoms with van der Waals surface area (Å²) in [6.07, 6.45) is 2.36. The Kier molecular flexibility index (Phi) is 9.01. The minimum atomic E-state index is 0. The van der Waals surface area contributed by atoms with Crippen molar-refractivity contribution < 1.29 is 4.74 Å². The van der Waals surface area contributed by atoms with Crippen molar-refractivity contribution in [3.8, 4) is 0 Å². The molecule has 1 saturated carbocycles. The summed E-state index contributed by atoms with van der Waals surface area (Å²) in [6.45, 7) is 6.28. The Morgan fingerprint density at radius 3 is 2.52 bits per heavy atom. The maximum absolute atomic E-state index is 6.19. The second-order valence-corrected chi connectivity index (χ2v) is 8.71. The molecule has 2 aromatic rings. The first-order valence-corrected chi connectivity index (χ1v) is 11.1. The van der Waals surface area contributed by atoms with E-state index in [2.05, 4.69) is 56.9 Å². The summed E-state index contributed by atoms with van der Waals surface area (Å²) in [7, 11) is 1.82. The van der Waals surface area contributed by atoms with Gasteiger partial charge in [-0.05, 0) is 41.7 Å². The number of hydrogen-bond acceptors (Lipinski definition) is 3. The lowest BCUT2D eigenvalue weighted by Crippen LogP contribution is -2.40. The molecule has 0 amide bonds. The minimum Gasteiger partial charge on any atom is -0.379 e. The van der Waals surface area contributed by atoms with Gasteiger partial charge in [0.05, 0.1) is 13.2 Å². The Morgan fingerprint density at radius 1 is 1.06 bits per heavy atom. The zero-order valence-electron chi connectivity index (χ0n) is 18.1. The van der Waals surface area contributed by atoms with Crippen LogP contribution in [0.1, 0.15) is 29.5 Å². The lowest BCUT2D eigenvalue weighted by atomic mass is 9.96. The molecule has 0 atom stereocenters. The van der Waals surface area contributed by atoms with Crippen molar-refractivity contribution >= 4 is 41.5 Å². The molecule has 2 N–H and O–H groups in total. The van der Waals surface area contributed by atoms with Crippen LogP contribution in [-0.4, -0.2) is 50.8 Å². The summed E-state index contributed by atoms with van der Waals surface area (Å²) in [5.74, 6) is 0.835. The molecule has 0 radical (unpaired) electrons. The van der Waals surface area contributed by atoms with Crippen molar-refractivity contribution in [2.24, 2.45) is 4.99 Å². The first-order chi connectivity index (χ1) is 14.7. The maximum atomic E-state index is 6.19. The van der Waals surface area contributed by atoms with Gasteiger partial charge in [0, 0.05) is 50.2 Å². The molecule has 0 spiro atoms. The largest absolute Gasteiger partial charge is 0.379 e. The second kappa shape index (κ2) is 11.5. The van der Waals surface area contributed by atoms with Gasteiger partial charge in [0.15, 0.2) is 5.96 Å². The van der Waals surface area contributed by atoms with Crippen LogP contribution < -0.4 is 10.6 Å². The van der Waals surface area contributed by atoms with Gasteiger partial charge in [0.25, 0.3) is 0 Å². The summed E-state index contributed by atoms with van der Waals surface area (Å²) in [5, 5.41) is 7.78. The molecule has 4 rings (SSSR count). The number of hydrogen-bond donors (Lipinski definition) is 2. The zero-order valence-corrected chi connectivity index (χ0v) is 21.2. The Balaban J connectivity index is 0.00000272. The lowest BCUT2D eigenvalue weighted by Gasteiger charge is -2.26. The smallest absolute Gasteiger partial charge is 0.191 e. The Hall–Kier alpha value is -1.35. The van der Waals surface area contributed by atoms with Gasteiger partial charge in [-0.25, -0.2) is 0 Å². The van der Waals surface area contributed by atoms with Crippen molar-refractivity contribution in [3.63, 3.8) is 0 Å². The zero-order chi connectivity index (χ0) is 20.8. The number of guanidine groups is 1. The minimum absolute atomic E-state index is 0. The highest BCUT2D eigenvalue weighted by Gasteiger charge is 2.44. The molecule has 1 aliphatic heterocycles. The van der Waals surface area contributed by atoms with Crippen molar-refractivity contribution in [2.45, 2.75) is 31.3 Å². The van der Waals surface area contributed by atoms with Gasteiger partial charge in [-0.1, -0.05) is 48.0 Å². The summed E-state index contributed by atoms with van der Waals surface area (Å²) < 4.78 is 5.45. The molecule has 2 aromatic carbocycles. The van der Waals surface area contributed by atoms with Crippen molar-refractivity contribution in [3.05, 3.63) is 70.2 Å². The van der Waals surface area contributed by atoms with Crippen LogP contribution in [0.5, 0.6) is 0 Å². The van der Waals surface area contributed by atoms with Crippen LogP contribution in [0.25, 0.3) is 0 Å². The second-order valence-electron chi connectivity index (χ2n) is 8.28. The number of halogens is 2. The van der Waals surface area contributed by atoms with E-state index in [0.717, 1.165) is 56.9 Å². The molecular formula is C24H32ClIN4O. The summed E-state index contributed by atoms with van der Waals surface area (Å²) in [4.78, 5) is 6.85. The van der Waals surface area contributed by atoms with E-state index in [1.54, 1.807) is 0 Å². The third kappa shape index (κ3) is 6.81. The number of rotatable bonds is 7. The monoisotopic (exact) mass is 554 g/mol. The first kappa shape index (κ1) is 24.3. The highest BCUT2D eigenvalue weighted by Crippen LogP contribution is 2.48. The SMILES string of the molecule is CN=C(NCc1cccc(CN2CCOCC2)c1)NCC1(c2cccc(Cl)c2)CC1.I. The van der Waals surface area contributed by atoms with Gasteiger partial charge in [0.2, 0.25) is 0 Å². The van der Waals surface area contributed by atoms with Crippen LogP contribution in [0.2, 0.25) is 5.02 Å². The predicted octanol–water partition coefficient (Wildman–Crippen LogP) is 4.19. The summed E-state index contributed by atoms with van der Waals surface area (Å²) in [6, 6.07) is 17.0. The van der Waals surface area contributed by atoms with Gasteiger partial charge in [-0.2, -0.15) is 0 Å². The molecule has 7 heteroatoms. The van der Waals surface area contributed by atoms with E-state index in [1.165, 1.54) is 29.5 Å².